The summed E-state index contributed by atoms with van der Waals surface area (Å²) in [5, 5.41) is 9.57. The van der Waals surface area contributed by atoms with Gasteiger partial charge in [0.1, 0.15) is 17.1 Å². The van der Waals surface area contributed by atoms with Crippen molar-refractivity contribution in [3.63, 3.8) is 0 Å². The van der Waals surface area contributed by atoms with Crippen LogP contribution in [0.15, 0.2) is 24.3 Å². The summed E-state index contributed by atoms with van der Waals surface area (Å²) in [5.74, 6) is 0.468. The van der Waals surface area contributed by atoms with E-state index in [1.807, 2.05) is 12.1 Å². The highest BCUT2D eigenvalue weighted by Crippen LogP contribution is 2.42. The number of carbonyl (C=O) groups is 1. The maximum absolute atomic E-state index is 11.7. The van der Waals surface area contributed by atoms with E-state index in [1.54, 1.807) is 7.11 Å². The molecular formula is C22H25NO4. The van der Waals surface area contributed by atoms with Crippen molar-refractivity contribution in [1.29, 1.82) is 0 Å². The molecule has 0 saturated heterocycles. The van der Waals surface area contributed by atoms with Gasteiger partial charge in [0.2, 0.25) is 0 Å². The highest BCUT2D eigenvalue weighted by atomic mass is 16.5. The maximum atomic E-state index is 11.7. The number of nitrogens with zero attached hydrogens (tertiary/aromatic N) is 1. The zero-order valence-corrected chi connectivity index (χ0v) is 16.0. The Morgan fingerprint density at radius 2 is 1.96 bits per heavy atom. The lowest BCUT2D eigenvalue weighted by molar-refractivity contribution is 0.0692. The summed E-state index contributed by atoms with van der Waals surface area (Å²) in [6.45, 7) is 4.02. The van der Waals surface area contributed by atoms with Gasteiger partial charge in [-0.05, 0) is 65.3 Å². The Morgan fingerprint density at radius 1 is 1.19 bits per heavy atom. The second-order valence-electron chi connectivity index (χ2n) is 7.23. The molecule has 1 unspecified atom stereocenters. The number of benzene rings is 2. The molecule has 142 valence electrons. The van der Waals surface area contributed by atoms with Crippen LogP contribution >= 0.6 is 0 Å². The predicted octanol–water partition coefficient (Wildman–Crippen LogP) is 3.62. The van der Waals surface area contributed by atoms with E-state index in [2.05, 4.69) is 24.0 Å². The zero-order chi connectivity index (χ0) is 19.1. The van der Waals surface area contributed by atoms with Crippen LogP contribution in [0.3, 0.4) is 0 Å². The SMILES string of the molecule is CCc1c(OC)ccc2c1CN1CCc3cc(OC)c(C(=O)O)cc3C1C2. The van der Waals surface area contributed by atoms with Crippen molar-refractivity contribution >= 4 is 5.97 Å². The van der Waals surface area contributed by atoms with E-state index in [9.17, 15) is 9.90 Å². The molecule has 2 aliphatic rings. The van der Waals surface area contributed by atoms with Gasteiger partial charge in [-0.3, -0.25) is 4.90 Å². The Hall–Kier alpha value is -2.53. The summed E-state index contributed by atoms with van der Waals surface area (Å²) < 4.78 is 10.9. The summed E-state index contributed by atoms with van der Waals surface area (Å²) in [7, 11) is 3.25. The van der Waals surface area contributed by atoms with Crippen LogP contribution < -0.4 is 9.47 Å². The van der Waals surface area contributed by atoms with Gasteiger partial charge in [-0.15, -0.1) is 0 Å². The van der Waals surface area contributed by atoms with Crippen molar-refractivity contribution in [2.45, 2.75) is 38.8 Å². The van der Waals surface area contributed by atoms with Gasteiger partial charge in [0.25, 0.3) is 0 Å². The molecule has 1 N–H and O–H groups in total. The number of ether oxygens (including phenoxy) is 2. The molecule has 4 rings (SSSR count). The fraction of sp³-hybridized carbons (Fsp3) is 0.409. The lowest BCUT2D eigenvalue weighted by Crippen LogP contribution is -2.40. The van der Waals surface area contributed by atoms with E-state index >= 15 is 0 Å². The summed E-state index contributed by atoms with van der Waals surface area (Å²) in [4.78, 5) is 14.1. The Balaban J connectivity index is 1.78. The number of hydrogen-bond acceptors (Lipinski definition) is 4. The van der Waals surface area contributed by atoms with Gasteiger partial charge in [-0.2, -0.15) is 0 Å². The van der Waals surface area contributed by atoms with E-state index in [1.165, 1.54) is 29.4 Å². The van der Waals surface area contributed by atoms with Crippen molar-refractivity contribution in [2.75, 3.05) is 20.8 Å². The van der Waals surface area contributed by atoms with Crippen LogP contribution in [-0.4, -0.2) is 36.7 Å². The second-order valence-corrected chi connectivity index (χ2v) is 7.23. The standard InChI is InChI=1S/C22H25NO4/c1-4-15-18-12-23-8-7-14-10-21(27-3)17(22(24)25)11-16(14)19(23)9-13(18)5-6-20(15)26-2/h5-6,10-11,19H,4,7-9,12H2,1-3H3,(H,24,25). The molecule has 0 bridgehead atoms. The van der Waals surface area contributed by atoms with Crippen LogP contribution in [0.2, 0.25) is 0 Å². The van der Waals surface area contributed by atoms with E-state index in [4.69, 9.17) is 9.47 Å². The molecule has 0 fully saturated rings. The van der Waals surface area contributed by atoms with Gasteiger partial charge < -0.3 is 14.6 Å². The Morgan fingerprint density at radius 3 is 2.63 bits per heavy atom. The number of carboxylic acids is 1. The molecule has 0 aromatic heterocycles. The smallest absolute Gasteiger partial charge is 0.339 e. The molecule has 1 atom stereocenters. The third-order valence-electron chi connectivity index (χ3n) is 5.99. The molecule has 2 aliphatic heterocycles. The first-order chi connectivity index (χ1) is 13.1. The van der Waals surface area contributed by atoms with Crippen LogP contribution in [0.1, 0.15) is 51.1 Å². The molecule has 2 aromatic carbocycles. The highest BCUT2D eigenvalue weighted by Gasteiger charge is 2.34. The minimum Gasteiger partial charge on any atom is -0.496 e. The average molecular weight is 367 g/mol. The predicted molar refractivity (Wildman–Crippen MR) is 103 cm³/mol. The van der Waals surface area contributed by atoms with Crippen LogP contribution in [0.4, 0.5) is 0 Å². The minimum absolute atomic E-state index is 0.211. The lowest BCUT2D eigenvalue weighted by Gasteiger charge is -2.42. The Bertz CT molecular complexity index is 906. The first-order valence-electron chi connectivity index (χ1n) is 9.43. The molecule has 0 saturated carbocycles. The topological polar surface area (TPSA) is 59.0 Å². The molecule has 5 heteroatoms. The number of rotatable bonds is 4. The minimum atomic E-state index is -0.944. The van der Waals surface area contributed by atoms with Crippen molar-refractivity contribution in [1.82, 2.24) is 4.90 Å². The first kappa shape index (κ1) is 17.9. The largest absolute Gasteiger partial charge is 0.496 e. The summed E-state index contributed by atoms with van der Waals surface area (Å²) in [6, 6.07) is 8.18. The van der Waals surface area contributed by atoms with E-state index < -0.39 is 5.97 Å². The molecule has 27 heavy (non-hydrogen) atoms. The van der Waals surface area contributed by atoms with E-state index in [0.29, 0.717) is 5.75 Å². The fourth-order valence-corrected chi connectivity index (χ4v) is 4.64. The lowest BCUT2D eigenvalue weighted by atomic mass is 9.81. The van der Waals surface area contributed by atoms with Crippen molar-refractivity contribution < 1.29 is 19.4 Å². The summed E-state index contributed by atoms with van der Waals surface area (Å²) >= 11 is 0. The van der Waals surface area contributed by atoms with Gasteiger partial charge in [0.15, 0.2) is 0 Å². The third kappa shape index (κ3) is 2.86. The number of fused-ring (bicyclic) bond motifs is 4. The van der Waals surface area contributed by atoms with Crippen LogP contribution in [-0.2, 0) is 25.8 Å². The van der Waals surface area contributed by atoms with Gasteiger partial charge in [0, 0.05) is 19.1 Å². The van der Waals surface area contributed by atoms with Crippen molar-refractivity contribution in [3.8, 4) is 11.5 Å². The highest BCUT2D eigenvalue weighted by molar-refractivity contribution is 5.91. The van der Waals surface area contributed by atoms with Crippen LogP contribution in [0.25, 0.3) is 0 Å². The van der Waals surface area contributed by atoms with Crippen molar-refractivity contribution in [2.24, 2.45) is 0 Å². The molecule has 0 amide bonds. The number of hydrogen-bond donors (Lipinski definition) is 1. The first-order valence-corrected chi connectivity index (χ1v) is 9.43. The van der Waals surface area contributed by atoms with Gasteiger partial charge in [-0.25, -0.2) is 4.79 Å². The number of carboxylic acid groups (broad SMARTS) is 1. The fourth-order valence-electron chi connectivity index (χ4n) is 4.64. The van der Waals surface area contributed by atoms with E-state index in [0.717, 1.165) is 43.7 Å². The monoisotopic (exact) mass is 367 g/mol. The zero-order valence-electron chi connectivity index (χ0n) is 16.0. The second kappa shape index (κ2) is 6.89. The summed E-state index contributed by atoms with van der Waals surface area (Å²) in [6.07, 6.45) is 2.75. The van der Waals surface area contributed by atoms with Gasteiger partial charge in [0.05, 0.1) is 14.2 Å². The van der Waals surface area contributed by atoms with Crippen LogP contribution in [0, 0.1) is 0 Å². The van der Waals surface area contributed by atoms with Crippen molar-refractivity contribution in [3.05, 3.63) is 57.6 Å². The van der Waals surface area contributed by atoms with E-state index in [-0.39, 0.29) is 11.6 Å². The van der Waals surface area contributed by atoms with Gasteiger partial charge >= 0.3 is 5.97 Å². The molecule has 2 aromatic rings. The summed E-state index contributed by atoms with van der Waals surface area (Å²) in [5.41, 5.74) is 6.58. The molecule has 2 heterocycles. The van der Waals surface area contributed by atoms with Crippen LogP contribution in [0.5, 0.6) is 11.5 Å². The normalized spacial score (nSPS) is 18.3. The average Bonchev–Trinajstić information content (AvgIpc) is 2.70. The molecular weight excluding hydrogens is 342 g/mol. The Kier molecular flexibility index (Phi) is 4.56. The number of aromatic carboxylic acids is 1. The Labute approximate surface area is 159 Å². The quantitative estimate of drug-likeness (QED) is 0.894. The van der Waals surface area contributed by atoms with Gasteiger partial charge in [-0.1, -0.05) is 13.0 Å². The number of methoxy groups -OCH3 is 2. The third-order valence-corrected chi connectivity index (χ3v) is 5.99. The maximum Gasteiger partial charge on any atom is 0.339 e. The molecule has 0 radical (unpaired) electrons. The molecule has 0 spiro atoms. The molecule has 0 aliphatic carbocycles. The molecule has 5 nitrogen and oxygen atoms in total.